The number of hydrogen-bond acceptors (Lipinski definition) is 4. The first-order chi connectivity index (χ1) is 12.9. The fourth-order valence-electron chi connectivity index (χ4n) is 3.77. The molecule has 0 atom stereocenters. The van der Waals surface area contributed by atoms with Crippen molar-refractivity contribution in [2.24, 2.45) is 5.73 Å². The molecule has 3 aromatic rings. The molecule has 6 heteroatoms. The summed E-state index contributed by atoms with van der Waals surface area (Å²) in [6.07, 6.45) is 6.61. The summed E-state index contributed by atoms with van der Waals surface area (Å²) in [5.74, 6) is -0.502. The van der Waals surface area contributed by atoms with Crippen molar-refractivity contribution in [1.82, 2.24) is 9.61 Å². The van der Waals surface area contributed by atoms with Gasteiger partial charge in [-0.2, -0.15) is 5.10 Å². The zero-order valence-corrected chi connectivity index (χ0v) is 15.4. The van der Waals surface area contributed by atoms with Gasteiger partial charge in [0, 0.05) is 17.8 Å². The molecule has 1 aliphatic rings. The van der Waals surface area contributed by atoms with E-state index in [9.17, 15) is 9.90 Å². The minimum absolute atomic E-state index is 0.185. The average Bonchev–Trinajstić information content (AvgIpc) is 3.09. The van der Waals surface area contributed by atoms with Gasteiger partial charge in [0.05, 0.1) is 28.6 Å². The zero-order valence-electron chi connectivity index (χ0n) is 15.4. The molecule has 4 N–H and O–H groups in total. The van der Waals surface area contributed by atoms with Crippen LogP contribution in [0, 0.1) is 0 Å². The molecule has 1 amide bonds. The third kappa shape index (κ3) is 3.53. The summed E-state index contributed by atoms with van der Waals surface area (Å²) < 4.78 is 1.77. The number of primary amides is 1. The number of nitrogens with two attached hydrogens (primary N) is 1. The van der Waals surface area contributed by atoms with Crippen LogP contribution in [0.15, 0.2) is 48.8 Å². The quantitative estimate of drug-likeness (QED) is 0.663. The Labute approximate surface area is 158 Å². The van der Waals surface area contributed by atoms with Crippen molar-refractivity contribution in [2.45, 2.75) is 44.2 Å². The van der Waals surface area contributed by atoms with Gasteiger partial charge in [-0.15, -0.1) is 0 Å². The highest BCUT2D eigenvalue weighted by molar-refractivity contribution is 6.02. The average molecular weight is 364 g/mol. The summed E-state index contributed by atoms with van der Waals surface area (Å²) in [5, 5.41) is 18.1. The summed E-state index contributed by atoms with van der Waals surface area (Å²) in [6.45, 7) is 1.88. The predicted octanol–water partition coefficient (Wildman–Crippen LogP) is 3.21. The van der Waals surface area contributed by atoms with Crippen molar-refractivity contribution in [3.8, 4) is 11.1 Å². The van der Waals surface area contributed by atoms with Crippen molar-refractivity contribution in [3.05, 3.63) is 54.4 Å². The Bertz CT molecular complexity index is 969. The maximum atomic E-state index is 12.0. The first kappa shape index (κ1) is 17.5. The van der Waals surface area contributed by atoms with Gasteiger partial charge in [-0.1, -0.05) is 30.3 Å². The minimum Gasteiger partial charge on any atom is -0.390 e. The summed E-state index contributed by atoms with van der Waals surface area (Å²) in [4.78, 5) is 12.0. The number of carbonyl (C=O) groups excluding carboxylic acids is 1. The van der Waals surface area contributed by atoms with Crippen LogP contribution >= 0.6 is 0 Å². The van der Waals surface area contributed by atoms with Crippen molar-refractivity contribution < 1.29 is 9.90 Å². The molecule has 0 unspecified atom stereocenters. The smallest absolute Gasteiger partial charge is 0.252 e. The van der Waals surface area contributed by atoms with Crippen molar-refractivity contribution in [3.63, 3.8) is 0 Å². The molecule has 0 saturated heterocycles. The number of aromatic nitrogens is 2. The molecule has 1 aromatic carbocycles. The molecule has 27 heavy (non-hydrogen) atoms. The number of amides is 1. The van der Waals surface area contributed by atoms with Crippen LogP contribution in [0.3, 0.4) is 0 Å². The molecular weight excluding hydrogens is 340 g/mol. The second-order valence-electron chi connectivity index (χ2n) is 7.64. The number of benzene rings is 1. The Morgan fingerprint density at radius 3 is 2.63 bits per heavy atom. The zero-order chi connectivity index (χ0) is 19.0. The first-order valence-corrected chi connectivity index (χ1v) is 9.28. The SMILES string of the molecule is CC1(O)CCC(Nc2c(C(N)=O)cnn3cc(-c4ccccc4)cc23)CC1. The van der Waals surface area contributed by atoms with Crippen LogP contribution in [-0.2, 0) is 0 Å². The monoisotopic (exact) mass is 364 g/mol. The molecule has 0 bridgehead atoms. The number of aliphatic hydroxyl groups is 1. The van der Waals surface area contributed by atoms with Crippen LogP contribution in [0.25, 0.3) is 16.6 Å². The van der Waals surface area contributed by atoms with Gasteiger partial charge in [0.25, 0.3) is 5.91 Å². The van der Waals surface area contributed by atoms with E-state index >= 15 is 0 Å². The summed E-state index contributed by atoms with van der Waals surface area (Å²) in [7, 11) is 0. The maximum Gasteiger partial charge on any atom is 0.252 e. The highest BCUT2D eigenvalue weighted by atomic mass is 16.3. The Morgan fingerprint density at radius 1 is 1.26 bits per heavy atom. The van der Waals surface area contributed by atoms with E-state index in [4.69, 9.17) is 5.73 Å². The minimum atomic E-state index is -0.603. The molecular formula is C21H24N4O2. The van der Waals surface area contributed by atoms with Gasteiger partial charge in [0.2, 0.25) is 0 Å². The molecule has 2 aromatic heterocycles. The van der Waals surface area contributed by atoms with Crippen molar-refractivity contribution >= 4 is 17.1 Å². The number of carbonyl (C=O) groups is 1. The van der Waals surface area contributed by atoms with E-state index in [0.717, 1.165) is 42.3 Å². The lowest BCUT2D eigenvalue weighted by Gasteiger charge is -2.34. The van der Waals surface area contributed by atoms with Gasteiger partial charge in [0.15, 0.2) is 0 Å². The lowest BCUT2D eigenvalue weighted by atomic mass is 9.83. The topological polar surface area (TPSA) is 92.6 Å². The molecule has 0 radical (unpaired) electrons. The first-order valence-electron chi connectivity index (χ1n) is 9.28. The number of nitrogens with zero attached hydrogens (tertiary/aromatic N) is 2. The van der Waals surface area contributed by atoms with Gasteiger partial charge < -0.3 is 16.2 Å². The van der Waals surface area contributed by atoms with Crippen molar-refractivity contribution in [1.29, 1.82) is 0 Å². The fourth-order valence-corrected chi connectivity index (χ4v) is 3.77. The van der Waals surface area contributed by atoms with E-state index in [0.29, 0.717) is 11.3 Å². The number of hydrogen-bond donors (Lipinski definition) is 3. The number of fused-ring (bicyclic) bond motifs is 1. The normalized spacial score (nSPS) is 22.7. The van der Waals surface area contributed by atoms with Gasteiger partial charge >= 0.3 is 0 Å². The van der Waals surface area contributed by atoms with E-state index in [1.807, 2.05) is 49.5 Å². The Kier molecular flexibility index (Phi) is 4.36. The summed E-state index contributed by atoms with van der Waals surface area (Å²) in [6, 6.07) is 12.3. The predicted molar refractivity (Wildman–Crippen MR) is 106 cm³/mol. The van der Waals surface area contributed by atoms with Crippen LogP contribution in [0.4, 0.5) is 5.69 Å². The van der Waals surface area contributed by atoms with Crippen LogP contribution in [0.1, 0.15) is 43.0 Å². The Balaban J connectivity index is 1.73. The second kappa shape index (κ2) is 6.70. The number of nitrogens with one attached hydrogen (secondary N) is 1. The molecule has 1 fully saturated rings. The molecule has 140 valence electrons. The molecule has 6 nitrogen and oxygen atoms in total. The maximum absolute atomic E-state index is 12.0. The summed E-state index contributed by atoms with van der Waals surface area (Å²) >= 11 is 0. The van der Waals surface area contributed by atoms with Crippen molar-refractivity contribution in [2.75, 3.05) is 5.32 Å². The highest BCUT2D eigenvalue weighted by Gasteiger charge is 2.29. The van der Waals surface area contributed by atoms with Gasteiger partial charge in [0.1, 0.15) is 0 Å². The number of anilines is 1. The van der Waals surface area contributed by atoms with Gasteiger partial charge in [-0.3, -0.25) is 4.79 Å². The van der Waals surface area contributed by atoms with Crippen LogP contribution in [-0.4, -0.2) is 32.3 Å². The van der Waals surface area contributed by atoms with E-state index in [-0.39, 0.29) is 6.04 Å². The Hall–Kier alpha value is -2.86. The van der Waals surface area contributed by atoms with Crippen LogP contribution < -0.4 is 11.1 Å². The summed E-state index contributed by atoms with van der Waals surface area (Å²) in [5.41, 5.74) is 9.04. The third-order valence-electron chi connectivity index (χ3n) is 5.42. The standard InChI is InChI=1S/C21H24N4O2/c1-21(27)9-7-16(8-10-21)24-19-17(20(22)26)12-23-25-13-15(11-18(19)25)14-5-3-2-4-6-14/h2-6,11-13,16,24,27H,7-10H2,1H3,(H2,22,26). The highest BCUT2D eigenvalue weighted by Crippen LogP contribution is 2.33. The van der Waals surface area contributed by atoms with Gasteiger partial charge in [-0.25, -0.2) is 4.52 Å². The fraction of sp³-hybridized carbons (Fsp3) is 0.333. The van der Waals surface area contributed by atoms with Crippen LogP contribution in [0.5, 0.6) is 0 Å². The van der Waals surface area contributed by atoms with E-state index in [1.54, 1.807) is 4.52 Å². The molecule has 0 spiro atoms. The van der Waals surface area contributed by atoms with E-state index < -0.39 is 11.5 Å². The Morgan fingerprint density at radius 2 is 1.96 bits per heavy atom. The van der Waals surface area contributed by atoms with Gasteiger partial charge in [-0.05, 0) is 44.2 Å². The molecule has 4 rings (SSSR count). The van der Waals surface area contributed by atoms with E-state index in [1.165, 1.54) is 6.20 Å². The largest absolute Gasteiger partial charge is 0.390 e. The number of rotatable bonds is 4. The van der Waals surface area contributed by atoms with Crippen LogP contribution in [0.2, 0.25) is 0 Å². The molecule has 1 saturated carbocycles. The molecule has 0 aliphatic heterocycles. The second-order valence-corrected chi connectivity index (χ2v) is 7.64. The molecule has 1 aliphatic carbocycles. The lowest BCUT2D eigenvalue weighted by Crippen LogP contribution is -2.36. The van der Waals surface area contributed by atoms with E-state index in [2.05, 4.69) is 10.4 Å². The third-order valence-corrected chi connectivity index (χ3v) is 5.42. The molecule has 2 heterocycles. The lowest BCUT2D eigenvalue weighted by molar-refractivity contribution is 0.0196.